The Morgan fingerprint density at radius 1 is 1.05 bits per heavy atom. The van der Waals surface area contributed by atoms with Crippen molar-refractivity contribution >= 4 is 22.5 Å². The van der Waals surface area contributed by atoms with Gasteiger partial charge in [-0.05, 0) is 38.1 Å². The van der Waals surface area contributed by atoms with Crippen molar-refractivity contribution in [3.63, 3.8) is 0 Å². The van der Waals surface area contributed by atoms with Gasteiger partial charge in [-0.15, -0.1) is 0 Å². The molecule has 116 valence electrons. The average Bonchev–Trinajstić information content (AvgIpc) is 2.51. The van der Waals surface area contributed by atoms with Crippen molar-refractivity contribution < 1.29 is 4.79 Å². The number of rotatable bonds is 2. The number of piperidine rings is 1. The Balaban J connectivity index is 1.73. The Labute approximate surface area is 131 Å². The molecule has 0 unspecified atom stereocenters. The summed E-state index contributed by atoms with van der Waals surface area (Å²) < 4.78 is 0. The van der Waals surface area contributed by atoms with Crippen LogP contribution >= 0.6 is 0 Å². The molecule has 2 aromatic carbocycles. The topological polar surface area (TPSA) is 44.4 Å². The van der Waals surface area contributed by atoms with Crippen molar-refractivity contribution in [2.45, 2.75) is 45.2 Å². The molecule has 4 nitrogen and oxygen atoms in total. The van der Waals surface area contributed by atoms with Gasteiger partial charge in [0.15, 0.2) is 0 Å². The van der Waals surface area contributed by atoms with Gasteiger partial charge >= 0.3 is 6.03 Å². The van der Waals surface area contributed by atoms with Crippen molar-refractivity contribution in [3.8, 4) is 0 Å². The van der Waals surface area contributed by atoms with Crippen LogP contribution in [0, 0.1) is 0 Å². The quantitative estimate of drug-likeness (QED) is 0.875. The first-order chi connectivity index (χ1) is 10.6. The van der Waals surface area contributed by atoms with Gasteiger partial charge in [-0.1, -0.05) is 42.8 Å². The highest BCUT2D eigenvalue weighted by Crippen LogP contribution is 2.23. The second-order valence-electron chi connectivity index (χ2n) is 6.13. The van der Waals surface area contributed by atoms with E-state index in [1.807, 2.05) is 42.5 Å². The number of nitrogens with one attached hydrogen (secondary N) is 2. The van der Waals surface area contributed by atoms with Crippen molar-refractivity contribution in [1.82, 2.24) is 10.4 Å². The summed E-state index contributed by atoms with van der Waals surface area (Å²) in [6, 6.07) is 14.6. The summed E-state index contributed by atoms with van der Waals surface area (Å²) in [7, 11) is 0. The lowest BCUT2D eigenvalue weighted by Gasteiger charge is -2.38. The summed E-state index contributed by atoms with van der Waals surface area (Å²) in [5, 5.41) is 7.24. The average molecular weight is 297 g/mol. The summed E-state index contributed by atoms with van der Waals surface area (Å²) in [6.07, 6.45) is 3.48. The van der Waals surface area contributed by atoms with Crippen LogP contribution in [0.15, 0.2) is 42.5 Å². The molecule has 1 heterocycles. The van der Waals surface area contributed by atoms with E-state index in [2.05, 4.69) is 29.6 Å². The number of hydrogen-bond acceptors (Lipinski definition) is 2. The van der Waals surface area contributed by atoms with Gasteiger partial charge in [0.05, 0.1) is 5.69 Å². The number of nitrogens with zero attached hydrogens (tertiary/aromatic N) is 1. The molecule has 1 fully saturated rings. The first kappa shape index (κ1) is 14.9. The first-order valence-electron chi connectivity index (χ1n) is 7.99. The maximum absolute atomic E-state index is 12.4. The molecule has 1 saturated heterocycles. The van der Waals surface area contributed by atoms with Gasteiger partial charge < -0.3 is 5.32 Å². The number of anilines is 1. The zero-order valence-corrected chi connectivity index (χ0v) is 13.2. The number of urea groups is 1. The molecule has 4 heteroatoms. The molecule has 0 aromatic heterocycles. The Morgan fingerprint density at radius 3 is 2.50 bits per heavy atom. The number of hydrazine groups is 1. The summed E-state index contributed by atoms with van der Waals surface area (Å²) in [5.41, 5.74) is 3.86. The lowest BCUT2D eigenvalue weighted by atomic mass is 10.00. The van der Waals surface area contributed by atoms with Gasteiger partial charge in [-0.25, -0.2) is 9.80 Å². The minimum absolute atomic E-state index is 0.169. The zero-order valence-electron chi connectivity index (χ0n) is 13.2. The number of carbonyl (C=O) groups excluding carboxylic acids is 1. The summed E-state index contributed by atoms with van der Waals surface area (Å²) in [4.78, 5) is 12.4. The van der Waals surface area contributed by atoms with E-state index in [1.54, 1.807) is 0 Å². The molecule has 2 N–H and O–H groups in total. The van der Waals surface area contributed by atoms with Crippen molar-refractivity contribution in [2.24, 2.45) is 0 Å². The standard InChI is InChI=1S/C18H23N3O/c1-13-7-5-8-14(2)21(13)20-18(22)19-17-12-6-10-15-9-3-4-11-16(15)17/h3-4,6,9-14H,5,7-8H2,1-2H3,(H2,19,20,22)/t13-,14-/m1/s1. The summed E-state index contributed by atoms with van der Waals surface area (Å²) in [6.45, 7) is 4.32. The number of benzene rings is 2. The molecule has 22 heavy (non-hydrogen) atoms. The van der Waals surface area contributed by atoms with Gasteiger partial charge in [0.25, 0.3) is 0 Å². The van der Waals surface area contributed by atoms with Crippen LogP contribution in [-0.4, -0.2) is 23.1 Å². The van der Waals surface area contributed by atoms with E-state index in [1.165, 1.54) is 6.42 Å². The third-order valence-corrected chi connectivity index (χ3v) is 4.46. The van der Waals surface area contributed by atoms with Gasteiger partial charge in [-0.3, -0.25) is 5.43 Å². The van der Waals surface area contributed by atoms with E-state index < -0.39 is 0 Å². The van der Waals surface area contributed by atoms with E-state index in [9.17, 15) is 4.79 Å². The molecule has 1 aliphatic rings. The van der Waals surface area contributed by atoms with E-state index >= 15 is 0 Å². The minimum Gasteiger partial charge on any atom is -0.306 e. The Bertz CT molecular complexity index is 655. The second-order valence-corrected chi connectivity index (χ2v) is 6.13. The fraction of sp³-hybridized carbons (Fsp3) is 0.389. The molecule has 0 spiro atoms. The van der Waals surface area contributed by atoms with Crippen molar-refractivity contribution in [2.75, 3.05) is 5.32 Å². The number of hydrogen-bond donors (Lipinski definition) is 2. The molecular formula is C18H23N3O. The zero-order chi connectivity index (χ0) is 15.5. The minimum atomic E-state index is -0.169. The van der Waals surface area contributed by atoms with Crippen LogP contribution < -0.4 is 10.7 Å². The normalized spacial score (nSPS) is 22.5. The second kappa shape index (κ2) is 6.36. The van der Waals surface area contributed by atoms with Gasteiger partial charge in [0.1, 0.15) is 0 Å². The highest BCUT2D eigenvalue weighted by atomic mass is 16.2. The molecule has 0 bridgehead atoms. The molecule has 3 rings (SSSR count). The maximum atomic E-state index is 12.4. The molecule has 2 amide bonds. The van der Waals surface area contributed by atoms with Crippen molar-refractivity contribution in [1.29, 1.82) is 0 Å². The van der Waals surface area contributed by atoms with Crippen LogP contribution in [-0.2, 0) is 0 Å². The smallest absolute Gasteiger partial charge is 0.306 e. The lowest BCUT2D eigenvalue weighted by Crippen LogP contribution is -2.55. The van der Waals surface area contributed by atoms with Gasteiger partial charge in [0, 0.05) is 17.5 Å². The molecule has 1 aliphatic heterocycles. The molecule has 2 atom stereocenters. The molecule has 0 aliphatic carbocycles. The molecular weight excluding hydrogens is 274 g/mol. The largest absolute Gasteiger partial charge is 0.333 e. The Morgan fingerprint density at radius 2 is 1.73 bits per heavy atom. The highest BCUT2D eigenvalue weighted by Gasteiger charge is 2.26. The molecule has 2 aromatic rings. The van der Waals surface area contributed by atoms with Gasteiger partial charge in [0.2, 0.25) is 0 Å². The van der Waals surface area contributed by atoms with E-state index in [0.29, 0.717) is 12.1 Å². The summed E-state index contributed by atoms with van der Waals surface area (Å²) in [5.74, 6) is 0. The molecule has 0 radical (unpaired) electrons. The number of carbonyl (C=O) groups is 1. The van der Waals surface area contributed by atoms with Crippen molar-refractivity contribution in [3.05, 3.63) is 42.5 Å². The predicted molar refractivity (Wildman–Crippen MR) is 90.7 cm³/mol. The first-order valence-corrected chi connectivity index (χ1v) is 7.99. The fourth-order valence-corrected chi connectivity index (χ4v) is 3.24. The van der Waals surface area contributed by atoms with Crippen LogP contribution in [0.25, 0.3) is 10.8 Å². The maximum Gasteiger partial charge on any atom is 0.333 e. The number of fused-ring (bicyclic) bond motifs is 1. The SMILES string of the molecule is C[C@@H]1CCC[C@@H](C)N1NC(=O)Nc1cccc2ccccc12. The van der Waals surface area contributed by atoms with E-state index in [4.69, 9.17) is 0 Å². The third kappa shape index (κ3) is 3.07. The van der Waals surface area contributed by atoms with Crippen LogP contribution in [0.5, 0.6) is 0 Å². The van der Waals surface area contributed by atoms with Crippen LogP contribution in [0.2, 0.25) is 0 Å². The monoisotopic (exact) mass is 297 g/mol. The van der Waals surface area contributed by atoms with E-state index in [-0.39, 0.29) is 6.03 Å². The van der Waals surface area contributed by atoms with E-state index in [0.717, 1.165) is 29.3 Å². The van der Waals surface area contributed by atoms with Crippen LogP contribution in [0.1, 0.15) is 33.1 Å². The van der Waals surface area contributed by atoms with Crippen LogP contribution in [0.3, 0.4) is 0 Å². The Hall–Kier alpha value is -2.07. The fourth-order valence-electron chi connectivity index (χ4n) is 3.24. The Kier molecular flexibility index (Phi) is 4.29. The molecule has 0 saturated carbocycles. The van der Waals surface area contributed by atoms with Crippen LogP contribution in [0.4, 0.5) is 10.5 Å². The summed E-state index contributed by atoms with van der Waals surface area (Å²) >= 11 is 0. The highest BCUT2D eigenvalue weighted by molar-refractivity contribution is 6.01. The third-order valence-electron chi connectivity index (χ3n) is 4.46. The lowest BCUT2D eigenvalue weighted by molar-refractivity contribution is 0.0625. The van der Waals surface area contributed by atoms with Gasteiger partial charge in [-0.2, -0.15) is 0 Å². The predicted octanol–water partition coefficient (Wildman–Crippen LogP) is 4.14. The number of amides is 2.